The molecule has 0 aliphatic carbocycles. The smallest absolute Gasteiger partial charge is 0.266 e. The van der Waals surface area contributed by atoms with Gasteiger partial charge in [0.2, 0.25) is 0 Å². The number of piperazine rings is 1. The van der Waals surface area contributed by atoms with Crippen molar-refractivity contribution in [3.8, 4) is 11.3 Å². The summed E-state index contributed by atoms with van der Waals surface area (Å²) < 4.78 is 38.5. The molecule has 0 radical (unpaired) electrons. The van der Waals surface area contributed by atoms with Crippen LogP contribution in [0.3, 0.4) is 0 Å². The minimum Gasteiger partial charge on any atom is -0.369 e. The van der Waals surface area contributed by atoms with Crippen molar-refractivity contribution in [3.05, 3.63) is 77.7 Å². The normalized spacial score (nSPS) is 13.8. The Bertz CT molecular complexity index is 1280. The monoisotopic (exact) mass is 505 g/mol. The average molecular weight is 506 g/mol. The van der Waals surface area contributed by atoms with E-state index < -0.39 is 26.6 Å². The summed E-state index contributed by atoms with van der Waals surface area (Å²) in [4.78, 5) is 20.8. The number of sulfonamides is 1. The number of anilines is 1. The van der Waals surface area contributed by atoms with Crippen LogP contribution < -0.4 is 20.5 Å². The lowest BCUT2D eigenvalue weighted by atomic mass is 10.0. The van der Waals surface area contributed by atoms with Gasteiger partial charge in [0.05, 0.1) is 5.69 Å². The summed E-state index contributed by atoms with van der Waals surface area (Å²) in [6.45, 7) is 5.45. The lowest BCUT2D eigenvalue weighted by Crippen LogP contribution is -2.43. The molecular formula is C23H25ClFN5O3S. The van der Waals surface area contributed by atoms with Crippen LogP contribution in [-0.4, -0.2) is 45.5 Å². The van der Waals surface area contributed by atoms with Crippen molar-refractivity contribution in [1.82, 2.24) is 20.6 Å². The first-order valence-electron chi connectivity index (χ1n) is 10.4. The molecule has 34 heavy (non-hydrogen) atoms. The number of hydrogen-bond acceptors (Lipinski definition) is 6. The molecule has 3 aromatic rings. The second-order valence-corrected chi connectivity index (χ2v) is 9.36. The number of hydrogen-bond donors (Lipinski definition) is 3. The molecule has 1 fully saturated rings. The van der Waals surface area contributed by atoms with E-state index in [0.717, 1.165) is 55.1 Å². The topological polar surface area (TPSA) is 103 Å². The highest BCUT2D eigenvalue weighted by molar-refractivity contribution is 7.89. The second kappa shape index (κ2) is 10.9. The number of pyridine rings is 1. The first-order chi connectivity index (χ1) is 15.8. The molecule has 1 amide bonds. The molecule has 11 heteroatoms. The Labute approximate surface area is 204 Å². The van der Waals surface area contributed by atoms with Gasteiger partial charge in [0.15, 0.2) is 0 Å². The number of aromatic nitrogens is 1. The predicted molar refractivity (Wildman–Crippen MR) is 131 cm³/mol. The summed E-state index contributed by atoms with van der Waals surface area (Å²) in [6.07, 6.45) is 1.73. The second-order valence-electron chi connectivity index (χ2n) is 7.71. The fourth-order valence-corrected chi connectivity index (χ4v) is 4.58. The van der Waals surface area contributed by atoms with E-state index in [0.29, 0.717) is 5.69 Å². The molecule has 3 N–H and O–H groups in total. The SMILES string of the molecule is Cc1cc(C(=O)NNS(=O)(=O)c2ccccc2F)cc(-c2cc(N3CCNCC3)ccn2)c1.Cl. The third kappa shape index (κ3) is 5.89. The van der Waals surface area contributed by atoms with Gasteiger partial charge in [-0.15, -0.1) is 17.2 Å². The highest BCUT2D eigenvalue weighted by Gasteiger charge is 2.20. The van der Waals surface area contributed by atoms with E-state index in [1.807, 2.05) is 30.0 Å². The Morgan fingerprint density at radius 1 is 1.09 bits per heavy atom. The Hall–Kier alpha value is -3.05. The van der Waals surface area contributed by atoms with Gasteiger partial charge in [-0.25, -0.2) is 12.8 Å². The fourth-order valence-electron chi connectivity index (χ4n) is 3.66. The molecule has 2 heterocycles. The number of rotatable bonds is 6. The highest BCUT2D eigenvalue weighted by Crippen LogP contribution is 2.25. The Balaban J connectivity index is 0.00000324. The van der Waals surface area contributed by atoms with Crippen LogP contribution in [-0.2, 0) is 10.0 Å². The quantitative estimate of drug-likeness (QED) is 0.445. The summed E-state index contributed by atoms with van der Waals surface area (Å²) in [7, 11) is -4.26. The molecule has 4 rings (SSSR count). The van der Waals surface area contributed by atoms with Crippen LogP contribution in [0, 0.1) is 12.7 Å². The van der Waals surface area contributed by atoms with Gasteiger partial charge < -0.3 is 10.2 Å². The zero-order valence-corrected chi connectivity index (χ0v) is 20.0. The van der Waals surface area contributed by atoms with E-state index in [9.17, 15) is 17.6 Å². The van der Waals surface area contributed by atoms with Crippen molar-refractivity contribution >= 4 is 34.0 Å². The minimum atomic E-state index is -4.26. The van der Waals surface area contributed by atoms with E-state index in [1.54, 1.807) is 18.3 Å². The molecule has 0 bridgehead atoms. The van der Waals surface area contributed by atoms with Crippen molar-refractivity contribution in [3.63, 3.8) is 0 Å². The zero-order valence-electron chi connectivity index (χ0n) is 18.4. The molecule has 0 atom stereocenters. The first kappa shape index (κ1) is 25.6. The molecule has 1 aliphatic heterocycles. The maximum Gasteiger partial charge on any atom is 0.266 e. The van der Waals surface area contributed by atoms with E-state index in [4.69, 9.17) is 0 Å². The Kier molecular flexibility index (Phi) is 8.21. The number of aryl methyl sites for hydroxylation is 1. The molecular weight excluding hydrogens is 481 g/mol. The van der Waals surface area contributed by atoms with Crippen LogP contribution in [0.5, 0.6) is 0 Å². The highest BCUT2D eigenvalue weighted by atomic mass is 35.5. The van der Waals surface area contributed by atoms with Gasteiger partial charge >= 0.3 is 0 Å². The van der Waals surface area contributed by atoms with Gasteiger partial charge in [-0.1, -0.05) is 12.1 Å². The summed E-state index contributed by atoms with van der Waals surface area (Å²) >= 11 is 0. The molecule has 1 aromatic heterocycles. The van der Waals surface area contributed by atoms with Crippen molar-refractivity contribution < 1.29 is 17.6 Å². The van der Waals surface area contributed by atoms with Gasteiger partial charge in [-0.05, 0) is 55.0 Å². The molecule has 8 nitrogen and oxygen atoms in total. The molecule has 1 saturated heterocycles. The summed E-state index contributed by atoms with van der Waals surface area (Å²) in [6, 6.07) is 14.0. The van der Waals surface area contributed by atoms with Crippen LogP contribution >= 0.6 is 12.4 Å². The first-order valence-corrected chi connectivity index (χ1v) is 11.9. The van der Waals surface area contributed by atoms with Gasteiger partial charge in [0.1, 0.15) is 10.7 Å². The predicted octanol–water partition coefficient (Wildman–Crippen LogP) is 2.65. The molecule has 0 saturated carbocycles. The van der Waals surface area contributed by atoms with Crippen LogP contribution in [0.1, 0.15) is 15.9 Å². The molecule has 2 aromatic carbocycles. The van der Waals surface area contributed by atoms with Gasteiger partial charge in [-0.2, -0.15) is 0 Å². The van der Waals surface area contributed by atoms with E-state index in [2.05, 4.69) is 20.6 Å². The summed E-state index contributed by atoms with van der Waals surface area (Å²) in [5, 5.41) is 3.32. The Morgan fingerprint density at radius 3 is 2.56 bits per heavy atom. The number of nitrogens with zero attached hydrogens (tertiary/aromatic N) is 2. The van der Waals surface area contributed by atoms with Gasteiger partial charge in [-0.3, -0.25) is 15.2 Å². The van der Waals surface area contributed by atoms with Gasteiger partial charge in [0, 0.05) is 49.2 Å². The number of carbonyl (C=O) groups is 1. The molecule has 0 unspecified atom stereocenters. The van der Waals surface area contributed by atoms with Crippen LogP contribution in [0.2, 0.25) is 0 Å². The third-order valence-corrected chi connectivity index (χ3v) is 6.57. The average Bonchev–Trinajstić information content (AvgIpc) is 2.83. The number of halogens is 2. The van der Waals surface area contributed by atoms with Crippen molar-refractivity contribution in [2.45, 2.75) is 11.8 Å². The number of nitrogens with one attached hydrogen (secondary N) is 3. The maximum absolute atomic E-state index is 13.8. The third-order valence-electron chi connectivity index (χ3n) is 5.29. The molecule has 0 spiro atoms. The lowest BCUT2D eigenvalue weighted by molar-refractivity contribution is 0.0945. The van der Waals surface area contributed by atoms with Crippen LogP contribution in [0.15, 0.2) is 65.7 Å². The van der Waals surface area contributed by atoms with E-state index >= 15 is 0 Å². The largest absolute Gasteiger partial charge is 0.369 e. The van der Waals surface area contributed by atoms with Crippen molar-refractivity contribution in [2.24, 2.45) is 0 Å². The van der Waals surface area contributed by atoms with E-state index in [-0.39, 0.29) is 18.0 Å². The van der Waals surface area contributed by atoms with Crippen LogP contribution in [0.25, 0.3) is 11.3 Å². The maximum atomic E-state index is 13.8. The standard InChI is InChI=1S/C23H24FN5O3S.ClH/c1-16-12-17(21-15-19(6-7-26-21)29-10-8-25-9-11-29)14-18(13-16)23(30)27-28-33(31,32)22-5-3-2-4-20(22)24;/h2-7,12-15,25,28H,8-11H2,1H3,(H,27,30);1H. The minimum absolute atomic E-state index is 0. The molecule has 180 valence electrons. The Morgan fingerprint density at radius 2 is 1.82 bits per heavy atom. The van der Waals surface area contributed by atoms with Crippen LogP contribution in [0.4, 0.5) is 10.1 Å². The van der Waals surface area contributed by atoms with Crippen molar-refractivity contribution in [1.29, 1.82) is 0 Å². The number of benzene rings is 2. The number of hydrazine groups is 1. The lowest BCUT2D eigenvalue weighted by Gasteiger charge is -2.29. The number of amides is 1. The number of carbonyl (C=O) groups excluding carboxylic acids is 1. The summed E-state index contributed by atoms with van der Waals surface area (Å²) in [5.41, 5.74) is 5.69. The zero-order chi connectivity index (χ0) is 23.4. The summed E-state index contributed by atoms with van der Waals surface area (Å²) in [5.74, 6) is -1.58. The molecule has 1 aliphatic rings. The van der Waals surface area contributed by atoms with Gasteiger partial charge in [0.25, 0.3) is 15.9 Å². The fraction of sp³-hybridized carbons (Fsp3) is 0.217. The van der Waals surface area contributed by atoms with Crippen molar-refractivity contribution in [2.75, 3.05) is 31.1 Å². The van der Waals surface area contributed by atoms with E-state index in [1.165, 1.54) is 12.1 Å².